The molecule has 0 radical (unpaired) electrons. The molecule has 0 atom stereocenters. The molecule has 0 aliphatic carbocycles. The Kier molecular flexibility index (Phi) is 11.0. The van der Waals surface area contributed by atoms with Crippen LogP contribution in [0.4, 0.5) is 5.69 Å². The van der Waals surface area contributed by atoms with Crippen molar-refractivity contribution in [3.05, 3.63) is 99.7 Å². The lowest BCUT2D eigenvalue weighted by Crippen LogP contribution is -2.37. The molecule has 4 rings (SSSR count). The maximum atomic E-state index is 12.9. The number of carbonyl (C=O) groups excluding carboxylic acids is 2. The Hall–Kier alpha value is -4.11. The van der Waals surface area contributed by atoms with Gasteiger partial charge in [0.1, 0.15) is 30.2 Å². The Morgan fingerprint density at radius 1 is 0.953 bits per heavy atom. The van der Waals surface area contributed by atoms with Crippen LogP contribution in [0.2, 0.25) is 10.0 Å². The van der Waals surface area contributed by atoms with Gasteiger partial charge in [0.2, 0.25) is 11.8 Å². The van der Waals surface area contributed by atoms with Crippen LogP contribution in [0.25, 0.3) is 17.0 Å². The van der Waals surface area contributed by atoms with E-state index in [1.54, 1.807) is 25.3 Å². The van der Waals surface area contributed by atoms with Gasteiger partial charge < -0.3 is 24.6 Å². The number of hydrogen-bond acceptors (Lipinski definition) is 6. The Balaban J connectivity index is 1.34. The lowest BCUT2D eigenvalue weighted by atomic mass is 10.1. The molecule has 2 amide bonds. The summed E-state index contributed by atoms with van der Waals surface area (Å²) in [6.45, 7) is 3.18. The van der Waals surface area contributed by atoms with Crippen molar-refractivity contribution in [1.29, 1.82) is 0 Å². The van der Waals surface area contributed by atoms with Gasteiger partial charge in [-0.2, -0.15) is 0 Å². The van der Waals surface area contributed by atoms with Gasteiger partial charge >= 0.3 is 0 Å². The first-order chi connectivity index (χ1) is 20.6. The number of benzene rings is 3. The van der Waals surface area contributed by atoms with Crippen LogP contribution in [-0.4, -0.2) is 62.5 Å². The molecule has 0 spiro atoms. The molecule has 224 valence electrons. The van der Waals surface area contributed by atoms with E-state index in [9.17, 15) is 9.59 Å². The number of nitrogens with one attached hydrogen (secondary N) is 1. The molecule has 3 aromatic carbocycles. The van der Waals surface area contributed by atoms with E-state index in [-0.39, 0.29) is 24.1 Å². The number of hydrogen-bond donors (Lipinski definition) is 1. The first-order valence-electron chi connectivity index (χ1n) is 13.7. The summed E-state index contributed by atoms with van der Waals surface area (Å²) >= 11 is 13.2. The number of aromatic nitrogens is 1. The molecule has 0 bridgehead atoms. The van der Waals surface area contributed by atoms with Crippen LogP contribution >= 0.6 is 23.2 Å². The molecule has 0 unspecified atom stereocenters. The zero-order valence-corrected chi connectivity index (χ0v) is 26.1. The van der Waals surface area contributed by atoms with Crippen molar-refractivity contribution in [2.45, 2.75) is 13.5 Å². The molecule has 1 N–H and O–H groups in total. The van der Waals surface area contributed by atoms with Crippen LogP contribution in [0.3, 0.4) is 0 Å². The number of halogens is 2. The van der Waals surface area contributed by atoms with Crippen LogP contribution < -0.4 is 19.7 Å². The molecule has 8 nitrogen and oxygen atoms in total. The van der Waals surface area contributed by atoms with E-state index >= 15 is 0 Å². The van der Waals surface area contributed by atoms with Gasteiger partial charge in [-0.05, 0) is 69.1 Å². The third-order valence-electron chi connectivity index (χ3n) is 6.62. The van der Waals surface area contributed by atoms with Crippen molar-refractivity contribution in [2.75, 3.05) is 45.7 Å². The van der Waals surface area contributed by atoms with Crippen LogP contribution in [0.5, 0.6) is 11.5 Å². The van der Waals surface area contributed by atoms with Crippen LogP contribution in [-0.2, 0) is 16.2 Å². The number of ether oxygens (including phenoxy) is 2. The van der Waals surface area contributed by atoms with E-state index in [0.717, 1.165) is 34.5 Å². The second kappa shape index (κ2) is 14.9. The first kappa shape index (κ1) is 31.8. The van der Waals surface area contributed by atoms with Crippen LogP contribution in [0, 0.1) is 6.92 Å². The molecular weight excluding hydrogens is 587 g/mol. The van der Waals surface area contributed by atoms with E-state index in [1.807, 2.05) is 80.5 Å². The van der Waals surface area contributed by atoms with E-state index < -0.39 is 5.91 Å². The van der Waals surface area contributed by atoms with E-state index in [1.165, 1.54) is 11.0 Å². The number of aryl methyl sites for hydroxylation is 1. The smallest absolute Gasteiger partial charge is 0.246 e. The number of para-hydroxylation sites is 1. The summed E-state index contributed by atoms with van der Waals surface area (Å²) < 4.78 is 11.8. The number of carbonyl (C=O) groups is 2. The van der Waals surface area contributed by atoms with Crippen molar-refractivity contribution in [2.24, 2.45) is 0 Å². The fraction of sp³-hybridized carbons (Fsp3) is 0.242. The predicted molar refractivity (Wildman–Crippen MR) is 173 cm³/mol. The highest BCUT2D eigenvalue weighted by molar-refractivity contribution is 6.38. The highest BCUT2D eigenvalue weighted by Gasteiger charge is 2.19. The number of fused-ring (bicyclic) bond motifs is 1. The largest absolute Gasteiger partial charge is 0.492 e. The fourth-order valence-electron chi connectivity index (χ4n) is 4.13. The van der Waals surface area contributed by atoms with Gasteiger partial charge in [-0.25, -0.2) is 4.98 Å². The van der Waals surface area contributed by atoms with Gasteiger partial charge in [0.15, 0.2) is 0 Å². The summed E-state index contributed by atoms with van der Waals surface area (Å²) in [5.41, 5.74) is 3.42. The van der Waals surface area contributed by atoms with Crippen molar-refractivity contribution >= 4 is 57.7 Å². The van der Waals surface area contributed by atoms with Crippen LogP contribution in [0.1, 0.15) is 16.8 Å². The van der Waals surface area contributed by atoms with Gasteiger partial charge in [-0.15, -0.1) is 0 Å². The van der Waals surface area contributed by atoms with Gasteiger partial charge in [-0.1, -0.05) is 53.5 Å². The van der Waals surface area contributed by atoms with Gasteiger partial charge in [0.05, 0.1) is 17.3 Å². The summed E-state index contributed by atoms with van der Waals surface area (Å²) in [6, 6.07) is 20.4. The number of amides is 2. The van der Waals surface area contributed by atoms with Crippen molar-refractivity contribution in [3.8, 4) is 11.5 Å². The predicted octanol–water partition coefficient (Wildman–Crippen LogP) is 6.16. The van der Waals surface area contributed by atoms with E-state index in [4.69, 9.17) is 32.7 Å². The van der Waals surface area contributed by atoms with Crippen molar-refractivity contribution < 1.29 is 19.1 Å². The second-order valence-electron chi connectivity index (χ2n) is 10.2. The Morgan fingerprint density at radius 3 is 2.47 bits per heavy atom. The van der Waals surface area contributed by atoms with E-state index in [0.29, 0.717) is 28.6 Å². The Morgan fingerprint density at radius 2 is 1.72 bits per heavy atom. The highest BCUT2D eigenvalue weighted by atomic mass is 35.5. The molecule has 43 heavy (non-hydrogen) atoms. The van der Waals surface area contributed by atoms with Crippen molar-refractivity contribution in [1.82, 2.24) is 15.2 Å². The first-order valence-corrected chi connectivity index (χ1v) is 14.4. The zero-order valence-electron chi connectivity index (χ0n) is 24.6. The van der Waals surface area contributed by atoms with Gasteiger partial charge in [0, 0.05) is 41.3 Å². The molecule has 0 saturated heterocycles. The summed E-state index contributed by atoms with van der Waals surface area (Å²) in [4.78, 5) is 33.3. The summed E-state index contributed by atoms with van der Waals surface area (Å²) in [5.74, 6) is 0.602. The number of likely N-dealkylation sites (N-methyl/N-ethyl adjacent to an activating group) is 2. The summed E-state index contributed by atoms with van der Waals surface area (Å²) in [6.07, 6.45) is 3.05. The number of nitrogens with zero attached hydrogens (tertiary/aromatic N) is 3. The monoisotopic (exact) mass is 620 g/mol. The van der Waals surface area contributed by atoms with E-state index in [2.05, 4.69) is 10.3 Å². The maximum absolute atomic E-state index is 12.9. The molecule has 1 heterocycles. The topological polar surface area (TPSA) is 84.0 Å². The maximum Gasteiger partial charge on any atom is 0.246 e. The van der Waals surface area contributed by atoms with Crippen molar-refractivity contribution in [3.63, 3.8) is 0 Å². The zero-order chi connectivity index (χ0) is 30.9. The SMILES string of the molecule is Cc1ccc2cccc(OCc3c(Cl)ccc(N(C)C(=O)CNC(=O)C=Cc4ccc(OCCN(C)C)cc4)c3Cl)c2n1. The normalized spacial score (nSPS) is 11.2. The van der Waals surface area contributed by atoms with Gasteiger partial charge in [0.25, 0.3) is 0 Å². The minimum Gasteiger partial charge on any atom is -0.492 e. The average molecular weight is 622 g/mol. The molecule has 0 aliphatic heterocycles. The standard InChI is InChI=1S/C33H34Cl2N4O4/c1-22-8-12-24-6-5-7-29(33(24)37-22)43-21-26-27(34)15-16-28(32(26)35)39(4)31(41)20-36-30(40)17-11-23-9-13-25(14-10-23)42-19-18-38(2)3/h5-17H,18-21H2,1-4H3,(H,36,40). The molecule has 10 heteroatoms. The van der Waals surface area contributed by atoms with Crippen LogP contribution in [0.15, 0.2) is 72.8 Å². The summed E-state index contributed by atoms with van der Waals surface area (Å²) in [7, 11) is 5.56. The fourth-order valence-corrected chi connectivity index (χ4v) is 4.73. The molecule has 1 aromatic heterocycles. The lowest BCUT2D eigenvalue weighted by molar-refractivity contribution is -0.122. The minimum atomic E-state index is -0.400. The number of anilines is 1. The Bertz CT molecular complexity index is 1620. The number of pyridine rings is 1. The lowest BCUT2D eigenvalue weighted by Gasteiger charge is -2.21. The minimum absolute atomic E-state index is 0.0764. The third kappa shape index (κ3) is 8.70. The highest BCUT2D eigenvalue weighted by Crippen LogP contribution is 2.35. The molecule has 4 aromatic rings. The third-order valence-corrected chi connectivity index (χ3v) is 7.40. The average Bonchev–Trinajstić information content (AvgIpc) is 2.99. The van der Waals surface area contributed by atoms with Gasteiger partial charge in [-0.3, -0.25) is 9.59 Å². The number of rotatable bonds is 12. The quantitative estimate of drug-likeness (QED) is 0.191. The molecule has 0 aliphatic rings. The Labute approximate surface area is 261 Å². The molecular formula is C33H34Cl2N4O4. The molecule has 0 fully saturated rings. The second-order valence-corrected chi connectivity index (χ2v) is 10.9. The summed E-state index contributed by atoms with van der Waals surface area (Å²) in [5, 5.41) is 4.27. The molecule has 0 saturated carbocycles.